The number of likely N-dealkylation sites (tertiary alicyclic amines) is 1. The number of hydrogen-bond donors (Lipinski definition) is 1. The second-order valence-electron chi connectivity index (χ2n) is 7.14. The Morgan fingerprint density at radius 2 is 1.58 bits per heavy atom. The second-order valence-corrected chi connectivity index (χ2v) is 7.14. The van der Waals surface area contributed by atoms with Gasteiger partial charge in [0.25, 0.3) is 0 Å². The van der Waals surface area contributed by atoms with Crippen molar-refractivity contribution < 1.29 is 0 Å². The number of nitrogens with zero attached hydrogens (tertiary/aromatic N) is 1. The van der Waals surface area contributed by atoms with Crippen molar-refractivity contribution in [2.75, 3.05) is 26.2 Å². The molecule has 3 aliphatic rings. The predicted molar refractivity (Wildman–Crippen MR) is 81.4 cm³/mol. The van der Waals surface area contributed by atoms with E-state index in [2.05, 4.69) is 10.2 Å². The van der Waals surface area contributed by atoms with Gasteiger partial charge in [-0.3, -0.25) is 4.90 Å². The number of rotatable bonds is 5. The first-order chi connectivity index (χ1) is 9.43. The molecule has 1 saturated heterocycles. The molecule has 1 heterocycles. The molecule has 0 spiro atoms. The van der Waals surface area contributed by atoms with Crippen LogP contribution in [0.1, 0.15) is 64.2 Å². The summed E-state index contributed by atoms with van der Waals surface area (Å²) in [5.41, 5.74) is 0. The van der Waals surface area contributed by atoms with Gasteiger partial charge in [-0.1, -0.05) is 25.7 Å². The highest BCUT2D eigenvalue weighted by Crippen LogP contribution is 2.34. The highest BCUT2D eigenvalue weighted by atomic mass is 15.2. The fourth-order valence-corrected chi connectivity index (χ4v) is 4.75. The van der Waals surface area contributed by atoms with Gasteiger partial charge in [0, 0.05) is 19.1 Å². The van der Waals surface area contributed by atoms with Crippen LogP contribution in [0, 0.1) is 11.8 Å². The lowest BCUT2D eigenvalue weighted by Crippen LogP contribution is -2.49. The molecule has 0 amide bonds. The molecule has 110 valence electrons. The minimum Gasteiger partial charge on any atom is -0.315 e. The van der Waals surface area contributed by atoms with Crippen molar-refractivity contribution in [2.45, 2.75) is 70.3 Å². The van der Waals surface area contributed by atoms with Crippen molar-refractivity contribution >= 4 is 0 Å². The summed E-state index contributed by atoms with van der Waals surface area (Å²) in [7, 11) is 0. The molecular weight excluding hydrogens is 232 g/mol. The molecule has 0 radical (unpaired) electrons. The zero-order chi connectivity index (χ0) is 12.9. The molecule has 0 unspecified atom stereocenters. The highest BCUT2D eigenvalue weighted by molar-refractivity contribution is 4.87. The van der Waals surface area contributed by atoms with Crippen molar-refractivity contribution in [3.63, 3.8) is 0 Å². The van der Waals surface area contributed by atoms with Crippen molar-refractivity contribution in [3.8, 4) is 0 Å². The molecule has 3 fully saturated rings. The van der Waals surface area contributed by atoms with Crippen LogP contribution in [0.15, 0.2) is 0 Å². The van der Waals surface area contributed by atoms with Crippen LogP contribution in [0.5, 0.6) is 0 Å². The normalized spacial score (nSPS) is 33.5. The van der Waals surface area contributed by atoms with Crippen molar-refractivity contribution in [1.29, 1.82) is 0 Å². The van der Waals surface area contributed by atoms with E-state index in [-0.39, 0.29) is 0 Å². The molecule has 2 heteroatoms. The fourth-order valence-electron chi connectivity index (χ4n) is 4.75. The van der Waals surface area contributed by atoms with Crippen LogP contribution < -0.4 is 5.32 Å². The third-order valence-corrected chi connectivity index (χ3v) is 5.84. The van der Waals surface area contributed by atoms with E-state index >= 15 is 0 Å². The average Bonchev–Trinajstić information content (AvgIpc) is 2.97. The van der Waals surface area contributed by atoms with E-state index < -0.39 is 0 Å². The molecule has 3 rings (SSSR count). The Morgan fingerprint density at radius 3 is 2.47 bits per heavy atom. The van der Waals surface area contributed by atoms with Crippen molar-refractivity contribution in [2.24, 2.45) is 11.8 Å². The largest absolute Gasteiger partial charge is 0.315 e. The number of fused-ring (bicyclic) bond motifs is 1. The molecule has 2 atom stereocenters. The molecular formula is C17H32N2. The van der Waals surface area contributed by atoms with Crippen LogP contribution in [0.2, 0.25) is 0 Å². The lowest BCUT2D eigenvalue weighted by atomic mass is 9.78. The maximum Gasteiger partial charge on any atom is 0.0124 e. The Morgan fingerprint density at radius 1 is 0.842 bits per heavy atom. The summed E-state index contributed by atoms with van der Waals surface area (Å²) >= 11 is 0. The van der Waals surface area contributed by atoms with E-state index in [1.54, 1.807) is 0 Å². The minimum absolute atomic E-state index is 0.941. The van der Waals surface area contributed by atoms with E-state index in [0.29, 0.717) is 0 Å². The van der Waals surface area contributed by atoms with Gasteiger partial charge in [-0.2, -0.15) is 0 Å². The van der Waals surface area contributed by atoms with Crippen LogP contribution in [0.3, 0.4) is 0 Å². The van der Waals surface area contributed by atoms with Crippen LogP contribution in [-0.4, -0.2) is 37.1 Å². The Kier molecular flexibility index (Phi) is 5.17. The monoisotopic (exact) mass is 264 g/mol. The summed E-state index contributed by atoms with van der Waals surface area (Å²) in [6, 6.07) is 0.941. The highest BCUT2D eigenvalue weighted by Gasteiger charge is 2.32. The first-order valence-corrected chi connectivity index (χ1v) is 8.88. The quantitative estimate of drug-likeness (QED) is 0.765. The Bertz CT molecular complexity index is 258. The predicted octanol–water partition coefficient (Wildman–Crippen LogP) is 3.42. The van der Waals surface area contributed by atoms with Gasteiger partial charge < -0.3 is 5.32 Å². The first-order valence-electron chi connectivity index (χ1n) is 8.88. The summed E-state index contributed by atoms with van der Waals surface area (Å²) in [5, 5.41) is 3.73. The van der Waals surface area contributed by atoms with E-state index in [1.165, 1.54) is 90.4 Å². The maximum absolute atomic E-state index is 3.73. The summed E-state index contributed by atoms with van der Waals surface area (Å²) in [6.07, 6.45) is 14.8. The van der Waals surface area contributed by atoms with Crippen LogP contribution >= 0.6 is 0 Å². The van der Waals surface area contributed by atoms with Gasteiger partial charge in [0.15, 0.2) is 0 Å². The Hall–Kier alpha value is -0.0800. The smallest absolute Gasteiger partial charge is 0.0124 e. The minimum atomic E-state index is 0.941. The van der Waals surface area contributed by atoms with E-state index in [0.717, 1.165) is 17.9 Å². The van der Waals surface area contributed by atoms with Gasteiger partial charge >= 0.3 is 0 Å². The zero-order valence-corrected chi connectivity index (χ0v) is 12.6. The van der Waals surface area contributed by atoms with Gasteiger partial charge in [-0.05, 0) is 63.5 Å². The molecule has 1 N–H and O–H groups in total. The van der Waals surface area contributed by atoms with Crippen molar-refractivity contribution in [1.82, 2.24) is 10.2 Å². The molecule has 2 saturated carbocycles. The van der Waals surface area contributed by atoms with E-state index in [9.17, 15) is 0 Å². The van der Waals surface area contributed by atoms with E-state index in [4.69, 9.17) is 0 Å². The van der Waals surface area contributed by atoms with E-state index in [1.807, 2.05) is 0 Å². The summed E-state index contributed by atoms with van der Waals surface area (Å²) in [5.74, 6) is 2.03. The third-order valence-electron chi connectivity index (χ3n) is 5.84. The van der Waals surface area contributed by atoms with Gasteiger partial charge in [0.2, 0.25) is 0 Å². The van der Waals surface area contributed by atoms with Crippen molar-refractivity contribution in [3.05, 3.63) is 0 Å². The fraction of sp³-hybridized carbons (Fsp3) is 1.00. The second kappa shape index (κ2) is 7.08. The lowest BCUT2D eigenvalue weighted by molar-refractivity contribution is 0.0617. The molecule has 2 nitrogen and oxygen atoms in total. The molecule has 1 aliphatic heterocycles. The van der Waals surface area contributed by atoms with Crippen LogP contribution in [-0.2, 0) is 0 Å². The van der Waals surface area contributed by atoms with Crippen LogP contribution in [0.4, 0.5) is 0 Å². The third kappa shape index (κ3) is 3.72. The summed E-state index contributed by atoms with van der Waals surface area (Å²) < 4.78 is 0. The SMILES string of the molecule is C1CCC(CNCCN2CCC[C@H]3CCCC[C@H]32)C1. The first kappa shape index (κ1) is 13.9. The maximum atomic E-state index is 3.73. The molecule has 0 aromatic carbocycles. The van der Waals surface area contributed by atoms with Gasteiger partial charge in [-0.25, -0.2) is 0 Å². The summed E-state index contributed by atoms with van der Waals surface area (Å²) in [4.78, 5) is 2.81. The number of hydrogen-bond acceptors (Lipinski definition) is 2. The molecule has 0 aromatic heterocycles. The average molecular weight is 264 g/mol. The Balaban J connectivity index is 1.36. The lowest BCUT2D eigenvalue weighted by Gasteiger charge is -2.44. The van der Waals surface area contributed by atoms with Gasteiger partial charge in [0.1, 0.15) is 0 Å². The number of nitrogens with one attached hydrogen (secondary N) is 1. The molecule has 0 bridgehead atoms. The topological polar surface area (TPSA) is 15.3 Å². The standard InChI is InChI=1S/C17H32N2/c1-2-7-15(6-1)14-18-11-13-19-12-5-9-16-8-3-4-10-17(16)19/h15-18H,1-14H2/t16-,17-/m1/s1. The summed E-state index contributed by atoms with van der Waals surface area (Å²) in [6.45, 7) is 5.17. The zero-order valence-electron chi connectivity index (χ0n) is 12.6. The number of piperidine rings is 1. The molecule has 2 aliphatic carbocycles. The van der Waals surface area contributed by atoms with Gasteiger partial charge in [0.05, 0.1) is 0 Å². The Labute approximate surface area is 119 Å². The molecule has 0 aromatic rings. The van der Waals surface area contributed by atoms with Gasteiger partial charge in [-0.15, -0.1) is 0 Å². The van der Waals surface area contributed by atoms with Crippen LogP contribution in [0.25, 0.3) is 0 Å². The molecule has 19 heavy (non-hydrogen) atoms.